The Morgan fingerprint density at radius 1 is 1.42 bits per heavy atom. The number of carbonyl (C=O) groups excluding carboxylic acids is 1. The van der Waals surface area contributed by atoms with Crippen LogP contribution in [0.1, 0.15) is 40.7 Å². The van der Waals surface area contributed by atoms with Gasteiger partial charge in [-0.3, -0.25) is 9.69 Å². The van der Waals surface area contributed by atoms with E-state index >= 15 is 0 Å². The lowest BCUT2D eigenvalue weighted by atomic mass is 10.2. The van der Waals surface area contributed by atoms with Gasteiger partial charge in [0.25, 0.3) is 5.56 Å². The van der Waals surface area contributed by atoms with Gasteiger partial charge in [0.15, 0.2) is 0 Å². The maximum absolute atomic E-state index is 12.6. The number of ether oxygens (including phenoxy) is 2. The highest BCUT2D eigenvalue weighted by molar-refractivity contribution is 7.20. The van der Waals surface area contributed by atoms with Crippen LogP contribution in [0.4, 0.5) is 0 Å². The van der Waals surface area contributed by atoms with Crippen LogP contribution in [-0.2, 0) is 22.6 Å². The van der Waals surface area contributed by atoms with Crippen molar-refractivity contribution in [3.05, 3.63) is 50.8 Å². The molecule has 3 rings (SSSR count). The molecule has 3 aromatic rings. The van der Waals surface area contributed by atoms with E-state index in [9.17, 15) is 14.7 Å². The molecule has 0 saturated carbocycles. The number of esters is 1. The first-order valence-electron chi connectivity index (χ1n) is 9.93. The van der Waals surface area contributed by atoms with Crippen molar-refractivity contribution in [2.45, 2.75) is 46.1 Å². The molecule has 2 N–H and O–H groups in total. The Morgan fingerprint density at radius 3 is 2.84 bits per heavy atom. The SMILES string of the molecule is COC(=O)c1sc2nc(CN(C[C@@H](O)COCc3ccco3)C(C)C)[nH]c(=O)c2c1C. The molecule has 0 aromatic carbocycles. The third-order valence-electron chi connectivity index (χ3n) is 4.88. The molecule has 9 nitrogen and oxygen atoms in total. The van der Waals surface area contributed by atoms with E-state index in [1.807, 2.05) is 24.8 Å². The van der Waals surface area contributed by atoms with Crippen LogP contribution in [0, 0.1) is 6.92 Å². The zero-order chi connectivity index (χ0) is 22.5. The minimum atomic E-state index is -0.720. The van der Waals surface area contributed by atoms with Gasteiger partial charge in [-0.15, -0.1) is 11.3 Å². The lowest BCUT2D eigenvalue weighted by molar-refractivity contribution is -0.00158. The van der Waals surface area contributed by atoms with E-state index < -0.39 is 12.1 Å². The number of aryl methyl sites for hydroxylation is 1. The summed E-state index contributed by atoms with van der Waals surface area (Å²) in [6, 6.07) is 3.68. The van der Waals surface area contributed by atoms with E-state index in [1.54, 1.807) is 19.3 Å². The standard InChI is InChI=1S/C21H27N3O6S/c1-12(2)24(8-14(25)10-29-11-15-6-5-7-30-15)9-16-22-19(26)17-13(3)18(21(27)28-4)31-20(17)23-16/h5-7,12,14,25H,8-11H2,1-4H3,(H,22,23,26)/t14-/m1/s1. The summed E-state index contributed by atoms with van der Waals surface area (Å²) >= 11 is 1.14. The fraction of sp³-hybridized carbons (Fsp3) is 0.476. The molecule has 31 heavy (non-hydrogen) atoms. The number of aromatic amines is 1. The average molecular weight is 450 g/mol. The Balaban J connectivity index is 1.70. The number of nitrogens with one attached hydrogen (secondary N) is 1. The van der Waals surface area contributed by atoms with Crippen LogP contribution in [0.15, 0.2) is 27.6 Å². The van der Waals surface area contributed by atoms with Gasteiger partial charge in [0, 0.05) is 12.6 Å². The lowest BCUT2D eigenvalue weighted by Crippen LogP contribution is -2.39. The number of aliphatic hydroxyl groups excluding tert-OH is 1. The van der Waals surface area contributed by atoms with Crippen LogP contribution in [0.2, 0.25) is 0 Å². The molecule has 0 radical (unpaired) electrons. The van der Waals surface area contributed by atoms with Gasteiger partial charge < -0.3 is 24.0 Å². The van der Waals surface area contributed by atoms with Gasteiger partial charge in [-0.05, 0) is 38.5 Å². The summed E-state index contributed by atoms with van der Waals surface area (Å²) in [7, 11) is 1.30. The highest BCUT2D eigenvalue weighted by Gasteiger charge is 2.21. The number of H-pyrrole nitrogens is 1. The predicted octanol–water partition coefficient (Wildman–Crippen LogP) is 2.46. The molecule has 0 aliphatic carbocycles. The number of fused-ring (bicyclic) bond motifs is 1. The molecule has 0 bridgehead atoms. The van der Waals surface area contributed by atoms with Gasteiger partial charge in [0.1, 0.15) is 27.9 Å². The third kappa shape index (κ3) is 5.59. The van der Waals surface area contributed by atoms with Crippen LogP contribution in [0.5, 0.6) is 0 Å². The van der Waals surface area contributed by atoms with Crippen molar-refractivity contribution in [2.75, 3.05) is 20.3 Å². The molecule has 0 saturated heterocycles. The highest BCUT2D eigenvalue weighted by atomic mass is 32.1. The topological polar surface area (TPSA) is 118 Å². The van der Waals surface area contributed by atoms with E-state index in [1.165, 1.54) is 7.11 Å². The number of methoxy groups -OCH3 is 1. The van der Waals surface area contributed by atoms with Crippen LogP contribution in [0.25, 0.3) is 10.2 Å². The Kier molecular flexibility index (Phi) is 7.60. The molecule has 10 heteroatoms. The van der Waals surface area contributed by atoms with Gasteiger partial charge in [-0.1, -0.05) is 0 Å². The van der Waals surface area contributed by atoms with Crippen molar-refractivity contribution in [1.29, 1.82) is 0 Å². The summed E-state index contributed by atoms with van der Waals surface area (Å²) in [5.41, 5.74) is 0.270. The Labute approximate surface area is 183 Å². The van der Waals surface area contributed by atoms with E-state index in [-0.39, 0.29) is 24.8 Å². The number of thiophene rings is 1. The first kappa shape index (κ1) is 23.1. The second kappa shape index (κ2) is 10.2. The van der Waals surface area contributed by atoms with E-state index in [2.05, 4.69) is 9.97 Å². The number of aromatic nitrogens is 2. The van der Waals surface area contributed by atoms with Crippen molar-refractivity contribution < 1.29 is 23.8 Å². The molecule has 0 aliphatic heterocycles. The van der Waals surface area contributed by atoms with Crippen molar-refractivity contribution in [1.82, 2.24) is 14.9 Å². The Morgan fingerprint density at radius 2 is 2.19 bits per heavy atom. The largest absolute Gasteiger partial charge is 0.467 e. The van der Waals surface area contributed by atoms with Crippen LogP contribution >= 0.6 is 11.3 Å². The number of aliphatic hydroxyl groups is 1. The van der Waals surface area contributed by atoms with Gasteiger partial charge in [0.05, 0.1) is 38.0 Å². The fourth-order valence-electron chi connectivity index (χ4n) is 3.21. The van der Waals surface area contributed by atoms with Crippen LogP contribution < -0.4 is 5.56 Å². The first-order valence-corrected chi connectivity index (χ1v) is 10.7. The van der Waals surface area contributed by atoms with E-state index in [0.29, 0.717) is 45.3 Å². The summed E-state index contributed by atoms with van der Waals surface area (Å²) < 4.78 is 15.5. The fourth-order valence-corrected chi connectivity index (χ4v) is 4.33. The van der Waals surface area contributed by atoms with Crippen molar-refractivity contribution in [3.8, 4) is 0 Å². The van der Waals surface area contributed by atoms with Crippen LogP contribution in [0.3, 0.4) is 0 Å². The van der Waals surface area contributed by atoms with Crippen molar-refractivity contribution in [2.24, 2.45) is 0 Å². The zero-order valence-corrected chi connectivity index (χ0v) is 18.8. The van der Waals surface area contributed by atoms with Crippen molar-refractivity contribution >= 4 is 27.5 Å². The molecule has 0 unspecified atom stereocenters. The monoisotopic (exact) mass is 449 g/mol. The Hall–Kier alpha value is -2.53. The van der Waals surface area contributed by atoms with Gasteiger partial charge in [-0.2, -0.15) is 0 Å². The molecular weight excluding hydrogens is 422 g/mol. The molecule has 0 amide bonds. The molecule has 0 aliphatic rings. The quantitative estimate of drug-likeness (QED) is 0.453. The number of hydrogen-bond donors (Lipinski definition) is 2. The summed E-state index contributed by atoms with van der Waals surface area (Å²) in [4.78, 5) is 34.8. The third-order valence-corrected chi connectivity index (χ3v) is 6.05. The van der Waals surface area contributed by atoms with Crippen LogP contribution in [-0.4, -0.2) is 58.4 Å². The predicted molar refractivity (Wildman–Crippen MR) is 116 cm³/mol. The summed E-state index contributed by atoms with van der Waals surface area (Å²) in [6.07, 6.45) is 0.853. The number of hydrogen-bond acceptors (Lipinski definition) is 9. The number of rotatable bonds is 10. The molecule has 0 fully saturated rings. The smallest absolute Gasteiger partial charge is 0.348 e. The van der Waals surface area contributed by atoms with Gasteiger partial charge in [-0.25, -0.2) is 9.78 Å². The maximum atomic E-state index is 12.6. The number of carbonyl (C=O) groups is 1. The summed E-state index contributed by atoms with van der Waals surface area (Å²) in [5.74, 6) is 0.677. The molecule has 0 spiro atoms. The average Bonchev–Trinajstić information content (AvgIpc) is 3.35. The van der Waals surface area contributed by atoms with Crippen molar-refractivity contribution in [3.63, 3.8) is 0 Å². The molecule has 3 aromatic heterocycles. The normalized spacial score (nSPS) is 12.7. The molecule has 1 atom stereocenters. The molecular formula is C21H27N3O6S. The number of furan rings is 1. The van der Waals surface area contributed by atoms with Gasteiger partial charge in [0.2, 0.25) is 0 Å². The highest BCUT2D eigenvalue weighted by Crippen LogP contribution is 2.27. The number of nitrogens with zero attached hydrogens (tertiary/aromatic N) is 2. The van der Waals surface area contributed by atoms with E-state index in [4.69, 9.17) is 13.9 Å². The minimum Gasteiger partial charge on any atom is -0.467 e. The maximum Gasteiger partial charge on any atom is 0.348 e. The second-order valence-electron chi connectivity index (χ2n) is 7.51. The molecule has 3 heterocycles. The minimum absolute atomic E-state index is 0.0939. The lowest BCUT2D eigenvalue weighted by Gasteiger charge is -2.28. The van der Waals surface area contributed by atoms with Gasteiger partial charge >= 0.3 is 5.97 Å². The second-order valence-corrected chi connectivity index (χ2v) is 8.51. The van der Waals surface area contributed by atoms with E-state index in [0.717, 1.165) is 11.3 Å². The zero-order valence-electron chi connectivity index (χ0n) is 18.0. The first-order chi connectivity index (χ1) is 14.8. The molecule has 168 valence electrons. The Bertz CT molecular complexity index is 1070. The summed E-state index contributed by atoms with van der Waals surface area (Å²) in [5, 5.41) is 10.8. The summed E-state index contributed by atoms with van der Waals surface area (Å²) in [6.45, 7) is 6.82.